The summed E-state index contributed by atoms with van der Waals surface area (Å²) in [5.41, 5.74) is 1.46. The van der Waals surface area contributed by atoms with Crippen LogP contribution in [0.4, 0.5) is 8.78 Å². The van der Waals surface area contributed by atoms with Crippen LogP contribution in [0.25, 0.3) is 11.1 Å². The van der Waals surface area contributed by atoms with Gasteiger partial charge in [0.1, 0.15) is 11.6 Å². The van der Waals surface area contributed by atoms with Gasteiger partial charge in [-0.3, -0.25) is 0 Å². The van der Waals surface area contributed by atoms with Gasteiger partial charge in [-0.2, -0.15) is 0 Å². The summed E-state index contributed by atoms with van der Waals surface area (Å²) >= 11 is 0. The zero-order valence-electron chi connectivity index (χ0n) is 10.5. The Kier molecular flexibility index (Phi) is 3.60. The zero-order chi connectivity index (χ0) is 14.0. The number of halogens is 2. The van der Waals surface area contributed by atoms with E-state index < -0.39 is 11.8 Å². The van der Waals surface area contributed by atoms with Crippen LogP contribution in [0.2, 0.25) is 0 Å². The van der Waals surface area contributed by atoms with Crippen LogP contribution in [0, 0.1) is 18.6 Å². The molecule has 19 heavy (non-hydrogen) atoms. The van der Waals surface area contributed by atoms with Crippen molar-refractivity contribution in [2.24, 2.45) is 0 Å². The van der Waals surface area contributed by atoms with Gasteiger partial charge < -0.3 is 4.74 Å². The number of benzene rings is 2. The molecule has 0 saturated carbocycles. The fraction of sp³-hybridized carbons (Fsp3) is 0.133. The average molecular weight is 262 g/mol. The Morgan fingerprint density at radius 3 is 2.37 bits per heavy atom. The molecule has 0 bridgehead atoms. The Hall–Kier alpha value is -2.23. The lowest BCUT2D eigenvalue weighted by Gasteiger charge is -2.07. The van der Waals surface area contributed by atoms with Crippen molar-refractivity contribution in [3.63, 3.8) is 0 Å². The van der Waals surface area contributed by atoms with E-state index in [0.717, 1.165) is 6.07 Å². The molecule has 0 aliphatic heterocycles. The van der Waals surface area contributed by atoms with Gasteiger partial charge in [0.25, 0.3) is 0 Å². The summed E-state index contributed by atoms with van der Waals surface area (Å²) in [6.45, 7) is 1.61. The normalized spacial score (nSPS) is 10.3. The largest absolute Gasteiger partial charge is 0.465 e. The van der Waals surface area contributed by atoms with Crippen LogP contribution >= 0.6 is 0 Å². The number of hydrogen-bond donors (Lipinski definition) is 0. The van der Waals surface area contributed by atoms with Crippen LogP contribution in [0.5, 0.6) is 0 Å². The second-order valence-electron chi connectivity index (χ2n) is 4.15. The second-order valence-corrected chi connectivity index (χ2v) is 4.15. The molecule has 0 spiro atoms. The summed E-state index contributed by atoms with van der Waals surface area (Å²) in [6, 6.07) is 8.42. The van der Waals surface area contributed by atoms with E-state index in [-0.39, 0.29) is 11.4 Å². The predicted octanol–water partition coefficient (Wildman–Crippen LogP) is 3.73. The van der Waals surface area contributed by atoms with E-state index in [9.17, 15) is 13.6 Å². The third-order valence-corrected chi connectivity index (χ3v) is 2.86. The zero-order valence-corrected chi connectivity index (χ0v) is 10.5. The summed E-state index contributed by atoms with van der Waals surface area (Å²) in [5.74, 6) is -1.48. The van der Waals surface area contributed by atoms with Gasteiger partial charge in [0.2, 0.25) is 0 Å². The van der Waals surface area contributed by atoms with E-state index in [1.807, 2.05) is 0 Å². The Morgan fingerprint density at radius 1 is 1.05 bits per heavy atom. The molecule has 0 saturated heterocycles. The maximum atomic E-state index is 14.0. The van der Waals surface area contributed by atoms with E-state index in [4.69, 9.17) is 0 Å². The van der Waals surface area contributed by atoms with Crippen molar-refractivity contribution in [1.82, 2.24) is 0 Å². The Morgan fingerprint density at radius 2 is 1.79 bits per heavy atom. The predicted molar refractivity (Wildman–Crippen MR) is 67.9 cm³/mol. The highest BCUT2D eigenvalue weighted by Gasteiger charge is 2.11. The molecule has 0 aliphatic rings. The molecule has 0 heterocycles. The van der Waals surface area contributed by atoms with Gasteiger partial charge in [0.05, 0.1) is 12.7 Å². The lowest BCUT2D eigenvalue weighted by atomic mass is 10.0. The molecule has 2 aromatic rings. The number of carbonyl (C=O) groups excluding carboxylic acids is 1. The van der Waals surface area contributed by atoms with E-state index >= 15 is 0 Å². The first-order chi connectivity index (χ1) is 9.02. The SMILES string of the molecule is COC(=O)c1ccc(-c2ccc(F)c(C)c2)c(F)c1. The van der Waals surface area contributed by atoms with Crippen molar-refractivity contribution in [3.05, 3.63) is 59.2 Å². The first-order valence-electron chi connectivity index (χ1n) is 5.67. The highest BCUT2D eigenvalue weighted by atomic mass is 19.1. The standard InChI is InChI=1S/C15H12F2O2/c1-9-7-10(4-6-13(9)16)12-5-3-11(8-14(12)17)15(18)19-2/h3-8H,1-2H3. The van der Waals surface area contributed by atoms with Gasteiger partial charge in [-0.25, -0.2) is 13.6 Å². The molecule has 0 aromatic heterocycles. The molecule has 2 rings (SSSR count). The highest BCUT2D eigenvalue weighted by Crippen LogP contribution is 2.25. The topological polar surface area (TPSA) is 26.3 Å². The molecule has 0 fully saturated rings. The van der Waals surface area contributed by atoms with Crippen molar-refractivity contribution in [2.45, 2.75) is 6.92 Å². The van der Waals surface area contributed by atoms with E-state index in [2.05, 4.69) is 4.74 Å². The molecule has 0 amide bonds. The molecular formula is C15H12F2O2. The minimum Gasteiger partial charge on any atom is -0.465 e. The van der Waals surface area contributed by atoms with Crippen LogP contribution in [-0.4, -0.2) is 13.1 Å². The first kappa shape index (κ1) is 13.2. The fourth-order valence-corrected chi connectivity index (χ4v) is 1.81. The van der Waals surface area contributed by atoms with Gasteiger partial charge in [0.15, 0.2) is 0 Å². The number of rotatable bonds is 2. The number of methoxy groups -OCH3 is 1. The monoisotopic (exact) mass is 262 g/mol. The van der Waals surface area contributed by atoms with Gasteiger partial charge in [-0.1, -0.05) is 12.1 Å². The molecule has 2 aromatic carbocycles. The smallest absolute Gasteiger partial charge is 0.337 e. The maximum absolute atomic E-state index is 14.0. The van der Waals surface area contributed by atoms with Gasteiger partial charge in [-0.05, 0) is 42.3 Å². The summed E-state index contributed by atoms with van der Waals surface area (Å²) in [6.07, 6.45) is 0. The summed E-state index contributed by atoms with van der Waals surface area (Å²) in [4.78, 5) is 11.3. The van der Waals surface area contributed by atoms with Crippen LogP contribution < -0.4 is 0 Å². The van der Waals surface area contributed by atoms with Crippen LogP contribution in [0.3, 0.4) is 0 Å². The molecule has 0 atom stereocenters. The van der Waals surface area contributed by atoms with Crippen LogP contribution in [-0.2, 0) is 4.74 Å². The third kappa shape index (κ3) is 2.62. The van der Waals surface area contributed by atoms with E-state index in [1.54, 1.807) is 13.0 Å². The summed E-state index contributed by atoms with van der Waals surface area (Å²) < 4.78 is 31.7. The van der Waals surface area contributed by atoms with Crippen molar-refractivity contribution >= 4 is 5.97 Å². The maximum Gasteiger partial charge on any atom is 0.337 e. The van der Waals surface area contributed by atoms with Crippen molar-refractivity contribution in [3.8, 4) is 11.1 Å². The Bertz CT molecular complexity index is 636. The Balaban J connectivity index is 2.46. The molecule has 2 nitrogen and oxygen atoms in total. The summed E-state index contributed by atoms with van der Waals surface area (Å²) in [7, 11) is 1.23. The lowest BCUT2D eigenvalue weighted by Crippen LogP contribution is -2.02. The van der Waals surface area contributed by atoms with Gasteiger partial charge in [0, 0.05) is 5.56 Å². The van der Waals surface area contributed by atoms with Crippen molar-refractivity contribution in [1.29, 1.82) is 0 Å². The second kappa shape index (κ2) is 5.18. The van der Waals surface area contributed by atoms with Crippen molar-refractivity contribution in [2.75, 3.05) is 7.11 Å². The summed E-state index contributed by atoms with van der Waals surface area (Å²) in [5, 5.41) is 0. The van der Waals surface area contributed by atoms with Crippen molar-refractivity contribution < 1.29 is 18.3 Å². The Labute approximate surface area is 109 Å². The lowest BCUT2D eigenvalue weighted by molar-refractivity contribution is 0.0600. The molecule has 4 heteroatoms. The molecule has 0 radical (unpaired) electrons. The number of aryl methyl sites for hydroxylation is 1. The number of ether oxygens (including phenoxy) is 1. The third-order valence-electron chi connectivity index (χ3n) is 2.86. The molecule has 0 aliphatic carbocycles. The highest BCUT2D eigenvalue weighted by molar-refractivity contribution is 5.90. The number of carbonyl (C=O) groups is 1. The molecule has 98 valence electrons. The van der Waals surface area contributed by atoms with Crippen LogP contribution in [0.1, 0.15) is 15.9 Å². The minimum atomic E-state index is -0.597. The van der Waals surface area contributed by atoms with Crippen LogP contribution in [0.15, 0.2) is 36.4 Å². The quantitative estimate of drug-likeness (QED) is 0.771. The number of hydrogen-bond acceptors (Lipinski definition) is 2. The van der Waals surface area contributed by atoms with Gasteiger partial charge >= 0.3 is 5.97 Å². The minimum absolute atomic E-state index is 0.141. The number of esters is 1. The molecule has 0 N–H and O–H groups in total. The average Bonchev–Trinajstić information content (AvgIpc) is 2.41. The van der Waals surface area contributed by atoms with E-state index in [0.29, 0.717) is 16.7 Å². The van der Waals surface area contributed by atoms with E-state index in [1.165, 1.54) is 31.4 Å². The molecule has 0 unspecified atom stereocenters. The fourth-order valence-electron chi connectivity index (χ4n) is 1.81. The van der Waals surface area contributed by atoms with Gasteiger partial charge in [-0.15, -0.1) is 0 Å². The first-order valence-corrected chi connectivity index (χ1v) is 5.67. The molecular weight excluding hydrogens is 250 g/mol.